The monoisotopic (exact) mass is 290 g/mol. The molecule has 0 aliphatic carbocycles. The summed E-state index contributed by atoms with van der Waals surface area (Å²) in [6.07, 6.45) is 0.0300. The van der Waals surface area contributed by atoms with Crippen LogP contribution >= 0.6 is 0 Å². The summed E-state index contributed by atoms with van der Waals surface area (Å²) in [5.41, 5.74) is 0.787. The maximum absolute atomic E-state index is 10.8. The van der Waals surface area contributed by atoms with Gasteiger partial charge < -0.3 is 9.84 Å². The van der Waals surface area contributed by atoms with Crippen LogP contribution in [0.5, 0.6) is 5.75 Å². The molecule has 1 unspecified atom stereocenters. The molecule has 0 amide bonds. The van der Waals surface area contributed by atoms with Crippen molar-refractivity contribution in [3.05, 3.63) is 24.3 Å². The summed E-state index contributed by atoms with van der Waals surface area (Å²) in [6, 6.07) is 7.09. The zero-order valence-electron chi connectivity index (χ0n) is 12.2. The topological polar surface area (TPSA) is 90.1 Å². The second-order valence-electron chi connectivity index (χ2n) is 5.09. The quantitative estimate of drug-likeness (QED) is 0.876. The standard InChI is InChI=1S/C14H18N4O3/c1-9(2)21-12-6-4-5-11(8-12)14-15-16-17-18(14)10(3)7-13(19)20/h4-6,8-10H,7H2,1-3H3,(H,19,20). The zero-order valence-corrected chi connectivity index (χ0v) is 12.2. The maximum Gasteiger partial charge on any atom is 0.305 e. The van der Waals surface area contributed by atoms with E-state index in [4.69, 9.17) is 9.84 Å². The van der Waals surface area contributed by atoms with E-state index >= 15 is 0 Å². The Balaban J connectivity index is 2.30. The van der Waals surface area contributed by atoms with Crippen molar-refractivity contribution in [2.45, 2.75) is 39.3 Å². The first kappa shape index (κ1) is 15.0. The number of carbonyl (C=O) groups is 1. The number of tetrazole rings is 1. The van der Waals surface area contributed by atoms with Gasteiger partial charge in [0.05, 0.1) is 18.6 Å². The van der Waals surface area contributed by atoms with E-state index in [1.54, 1.807) is 6.92 Å². The van der Waals surface area contributed by atoms with Crippen molar-refractivity contribution in [2.24, 2.45) is 0 Å². The maximum atomic E-state index is 10.8. The molecular weight excluding hydrogens is 272 g/mol. The Morgan fingerprint density at radius 3 is 2.81 bits per heavy atom. The van der Waals surface area contributed by atoms with Gasteiger partial charge in [0.25, 0.3) is 0 Å². The molecule has 0 saturated carbocycles. The lowest BCUT2D eigenvalue weighted by molar-refractivity contribution is -0.137. The third-order valence-corrected chi connectivity index (χ3v) is 2.84. The van der Waals surface area contributed by atoms with Gasteiger partial charge in [-0.3, -0.25) is 4.79 Å². The average Bonchev–Trinajstić information content (AvgIpc) is 2.86. The van der Waals surface area contributed by atoms with E-state index in [0.29, 0.717) is 5.82 Å². The minimum absolute atomic E-state index is 0.0414. The van der Waals surface area contributed by atoms with Crippen LogP contribution in [-0.2, 0) is 4.79 Å². The SMILES string of the molecule is CC(C)Oc1cccc(-c2nnnn2C(C)CC(=O)O)c1. The summed E-state index contributed by atoms with van der Waals surface area (Å²) < 4.78 is 7.16. The Labute approximate surface area is 122 Å². The van der Waals surface area contributed by atoms with Crippen LogP contribution in [0.3, 0.4) is 0 Å². The van der Waals surface area contributed by atoms with E-state index in [0.717, 1.165) is 11.3 Å². The van der Waals surface area contributed by atoms with Crippen molar-refractivity contribution in [3.8, 4) is 17.1 Å². The van der Waals surface area contributed by atoms with Crippen LogP contribution in [0.2, 0.25) is 0 Å². The molecule has 1 heterocycles. The molecule has 0 saturated heterocycles. The van der Waals surface area contributed by atoms with E-state index in [9.17, 15) is 4.79 Å². The van der Waals surface area contributed by atoms with Crippen molar-refractivity contribution in [2.75, 3.05) is 0 Å². The fourth-order valence-corrected chi connectivity index (χ4v) is 2.00. The van der Waals surface area contributed by atoms with Crippen LogP contribution < -0.4 is 4.74 Å². The van der Waals surface area contributed by atoms with E-state index in [1.807, 2.05) is 38.1 Å². The molecule has 0 radical (unpaired) electrons. The predicted molar refractivity (Wildman–Crippen MR) is 76.0 cm³/mol. The lowest BCUT2D eigenvalue weighted by atomic mass is 10.1. The van der Waals surface area contributed by atoms with Gasteiger partial charge in [-0.1, -0.05) is 12.1 Å². The first-order valence-corrected chi connectivity index (χ1v) is 6.74. The summed E-state index contributed by atoms with van der Waals surface area (Å²) in [5.74, 6) is 0.363. The first-order chi connectivity index (χ1) is 9.97. The minimum atomic E-state index is -0.888. The average molecular weight is 290 g/mol. The van der Waals surface area contributed by atoms with Crippen molar-refractivity contribution in [3.63, 3.8) is 0 Å². The minimum Gasteiger partial charge on any atom is -0.491 e. The van der Waals surface area contributed by atoms with Gasteiger partial charge >= 0.3 is 5.97 Å². The van der Waals surface area contributed by atoms with Crippen molar-refractivity contribution in [1.82, 2.24) is 20.2 Å². The Morgan fingerprint density at radius 1 is 1.38 bits per heavy atom. The second kappa shape index (κ2) is 6.34. The van der Waals surface area contributed by atoms with E-state index < -0.39 is 5.97 Å². The summed E-state index contributed by atoms with van der Waals surface area (Å²) >= 11 is 0. The number of hydrogen-bond donors (Lipinski definition) is 1. The van der Waals surface area contributed by atoms with E-state index in [1.165, 1.54) is 4.68 Å². The van der Waals surface area contributed by atoms with Gasteiger partial charge in [-0.15, -0.1) is 5.10 Å². The summed E-state index contributed by atoms with van der Waals surface area (Å²) in [6.45, 7) is 5.67. The molecular formula is C14H18N4O3. The van der Waals surface area contributed by atoms with Gasteiger partial charge in [-0.2, -0.15) is 0 Å². The van der Waals surface area contributed by atoms with Gasteiger partial charge in [0.2, 0.25) is 0 Å². The van der Waals surface area contributed by atoms with E-state index in [2.05, 4.69) is 15.5 Å². The van der Waals surface area contributed by atoms with Crippen LogP contribution in [0, 0.1) is 0 Å². The first-order valence-electron chi connectivity index (χ1n) is 6.74. The normalized spacial score (nSPS) is 12.4. The molecule has 2 rings (SSSR count). The molecule has 2 aromatic rings. The molecule has 21 heavy (non-hydrogen) atoms. The van der Waals surface area contributed by atoms with Crippen LogP contribution in [0.15, 0.2) is 24.3 Å². The number of nitrogens with zero attached hydrogens (tertiary/aromatic N) is 4. The summed E-state index contributed by atoms with van der Waals surface area (Å²) in [7, 11) is 0. The number of carboxylic acids is 1. The lowest BCUT2D eigenvalue weighted by Crippen LogP contribution is -2.13. The van der Waals surface area contributed by atoms with Crippen LogP contribution in [0.4, 0.5) is 0 Å². The molecule has 1 aromatic carbocycles. The summed E-state index contributed by atoms with van der Waals surface area (Å²) in [5, 5.41) is 20.4. The van der Waals surface area contributed by atoms with E-state index in [-0.39, 0.29) is 18.6 Å². The summed E-state index contributed by atoms with van der Waals surface area (Å²) in [4.78, 5) is 10.8. The molecule has 0 bridgehead atoms. The molecule has 1 aromatic heterocycles. The number of rotatable bonds is 6. The number of benzene rings is 1. The van der Waals surface area contributed by atoms with Gasteiger partial charge in [0.1, 0.15) is 5.75 Å². The molecule has 112 valence electrons. The van der Waals surface area contributed by atoms with Gasteiger partial charge in [-0.25, -0.2) is 4.68 Å². The highest BCUT2D eigenvalue weighted by Gasteiger charge is 2.17. The fourth-order valence-electron chi connectivity index (χ4n) is 2.00. The highest BCUT2D eigenvalue weighted by Crippen LogP contribution is 2.24. The molecule has 0 aliphatic heterocycles. The molecule has 1 N–H and O–H groups in total. The van der Waals surface area contributed by atoms with Crippen LogP contribution in [0.1, 0.15) is 33.2 Å². The molecule has 0 aliphatic rings. The predicted octanol–water partition coefficient (Wildman–Crippen LogP) is 2.16. The smallest absolute Gasteiger partial charge is 0.305 e. The molecule has 7 nitrogen and oxygen atoms in total. The number of hydrogen-bond acceptors (Lipinski definition) is 5. The lowest BCUT2D eigenvalue weighted by Gasteiger charge is -2.13. The highest BCUT2D eigenvalue weighted by atomic mass is 16.5. The molecule has 0 spiro atoms. The second-order valence-corrected chi connectivity index (χ2v) is 5.09. The van der Waals surface area contributed by atoms with Crippen LogP contribution in [-0.4, -0.2) is 37.4 Å². The Bertz CT molecular complexity index is 624. The number of aromatic nitrogens is 4. The third kappa shape index (κ3) is 3.77. The van der Waals surface area contributed by atoms with Crippen molar-refractivity contribution in [1.29, 1.82) is 0 Å². The number of aliphatic carboxylic acids is 1. The Kier molecular flexibility index (Phi) is 4.52. The van der Waals surface area contributed by atoms with Gasteiger partial charge in [-0.05, 0) is 43.3 Å². The van der Waals surface area contributed by atoms with Crippen molar-refractivity contribution < 1.29 is 14.6 Å². The van der Waals surface area contributed by atoms with Gasteiger partial charge in [0, 0.05) is 5.56 Å². The third-order valence-electron chi connectivity index (χ3n) is 2.84. The molecule has 0 fully saturated rings. The van der Waals surface area contributed by atoms with Crippen molar-refractivity contribution >= 4 is 5.97 Å². The zero-order chi connectivity index (χ0) is 15.4. The van der Waals surface area contributed by atoms with Gasteiger partial charge in [0.15, 0.2) is 5.82 Å². The molecule has 1 atom stereocenters. The largest absolute Gasteiger partial charge is 0.491 e. The number of carboxylic acid groups (broad SMARTS) is 1. The highest BCUT2D eigenvalue weighted by molar-refractivity contribution is 5.67. The number of ether oxygens (including phenoxy) is 1. The Hall–Kier alpha value is -2.44. The molecule has 7 heteroatoms. The fraction of sp³-hybridized carbons (Fsp3) is 0.429. The Morgan fingerprint density at radius 2 is 2.14 bits per heavy atom. The van der Waals surface area contributed by atoms with Crippen LogP contribution in [0.25, 0.3) is 11.4 Å².